The Kier molecular flexibility index (Phi) is 5.90. The number of benzene rings is 3. The molecule has 2 heterocycles. The van der Waals surface area contributed by atoms with Crippen molar-refractivity contribution in [3.8, 4) is 5.69 Å². The fraction of sp³-hybridized carbons (Fsp3) is 0.185. The van der Waals surface area contributed by atoms with Gasteiger partial charge in [-0.05, 0) is 62.6 Å². The van der Waals surface area contributed by atoms with E-state index in [-0.39, 0.29) is 17.2 Å². The molecule has 3 aromatic carbocycles. The van der Waals surface area contributed by atoms with Crippen molar-refractivity contribution in [2.45, 2.75) is 32.9 Å². The smallest absolute Gasteiger partial charge is 0.267 e. The largest absolute Gasteiger partial charge is 0.325 e. The lowest BCUT2D eigenvalue weighted by Crippen LogP contribution is -2.22. The van der Waals surface area contributed by atoms with Gasteiger partial charge in [-0.2, -0.15) is 0 Å². The first-order valence-corrected chi connectivity index (χ1v) is 12.3. The zero-order valence-corrected chi connectivity index (χ0v) is 20.8. The number of thioether (sulfide) groups is 1. The van der Waals surface area contributed by atoms with Crippen LogP contribution in [0.1, 0.15) is 22.3 Å². The zero-order chi connectivity index (χ0) is 24.7. The first-order valence-electron chi connectivity index (χ1n) is 11.3. The van der Waals surface area contributed by atoms with Crippen LogP contribution in [0.15, 0.2) is 70.6 Å². The van der Waals surface area contributed by atoms with Crippen molar-refractivity contribution in [3.05, 3.63) is 93.3 Å². The summed E-state index contributed by atoms with van der Waals surface area (Å²) in [6.07, 6.45) is 0. The third kappa shape index (κ3) is 4.10. The predicted molar refractivity (Wildman–Crippen MR) is 141 cm³/mol. The van der Waals surface area contributed by atoms with Crippen molar-refractivity contribution in [3.63, 3.8) is 0 Å². The van der Waals surface area contributed by atoms with Gasteiger partial charge >= 0.3 is 0 Å². The molecule has 0 bridgehead atoms. The van der Waals surface area contributed by atoms with Gasteiger partial charge in [0.2, 0.25) is 11.7 Å². The molecule has 8 heteroatoms. The Balaban J connectivity index is 1.55. The van der Waals surface area contributed by atoms with Crippen LogP contribution in [0.2, 0.25) is 0 Å². The predicted octanol–water partition coefficient (Wildman–Crippen LogP) is 5.00. The number of rotatable bonds is 5. The van der Waals surface area contributed by atoms with E-state index in [0.29, 0.717) is 21.8 Å². The van der Waals surface area contributed by atoms with Crippen LogP contribution < -0.4 is 10.9 Å². The van der Waals surface area contributed by atoms with Crippen LogP contribution in [-0.4, -0.2) is 30.8 Å². The van der Waals surface area contributed by atoms with Gasteiger partial charge in [-0.15, -0.1) is 10.2 Å². The second-order valence-corrected chi connectivity index (χ2v) is 9.62. The number of carbonyl (C=O) groups excluding carboxylic acids is 1. The Morgan fingerprint density at radius 2 is 1.60 bits per heavy atom. The zero-order valence-electron chi connectivity index (χ0n) is 20.0. The molecule has 7 nitrogen and oxygen atoms in total. The van der Waals surface area contributed by atoms with E-state index in [9.17, 15) is 9.59 Å². The van der Waals surface area contributed by atoms with Gasteiger partial charge in [-0.3, -0.25) is 14.0 Å². The molecule has 0 aliphatic carbocycles. The van der Waals surface area contributed by atoms with E-state index in [2.05, 4.69) is 27.6 Å². The second-order valence-electron chi connectivity index (χ2n) is 8.67. The van der Waals surface area contributed by atoms with E-state index < -0.39 is 0 Å². The van der Waals surface area contributed by atoms with E-state index in [1.807, 2.05) is 74.6 Å². The Morgan fingerprint density at radius 1 is 0.914 bits per heavy atom. The Labute approximate surface area is 206 Å². The van der Waals surface area contributed by atoms with Crippen molar-refractivity contribution >= 4 is 40.0 Å². The number of fused-ring (bicyclic) bond motifs is 3. The van der Waals surface area contributed by atoms with Crippen LogP contribution in [-0.2, 0) is 4.79 Å². The summed E-state index contributed by atoms with van der Waals surface area (Å²) in [7, 11) is 0. The summed E-state index contributed by atoms with van der Waals surface area (Å²) in [5.41, 5.74) is 6.31. The van der Waals surface area contributed by atoms with Gasteiger partial charge in [0, 0.05) is 5.69 Å². The van der Waals surface area contributed by atoms with E-state index >= 15 is 0 Å². The number of hydrogen-bond acceptors (Lipinski definition) is 5. The summed E-state index contributed by atoms with van der Waals surface area (Å²) >= 11 is 1.29. The quantitative estimate of drug-likeness (QED) is 0.356. The monoisotopic (exact) mass is 483 g/mol. The number of carbonyl (C=O) groups is 1. The van der Waals surface area contributed by atoms with Gasteiger partial charge in [0.05, 0.1) is 22.3 Å². The van der Waals surface area contributed by atoms with Crippen molar-refractivity contribution < 1.29 is 4.79 Å². The average Bonchev–Trinajstić information content (AvgIpc) is 3.25. The van der Waals surface area contributed by atoms with E-state index in [4.69, 9.17) is 0 Å². The van der Waals surface area contributed by atoms with Gasteiger partial charge in [0.1, 0.15) is 0 Å². The second kappa shape index (κ2) is 9.03. The van der Waals surface area contributed by atoms with Gasteiger partial charge in [0.25, 0.3) is 5.56 Å². The molecule has 0 aliphatic rings. The molecule has 0 saturated heterocycles. The number of nitrogens with zero attached hydrogens (tertiary/aromatic N) is 4. The summed E-state index contributed by atoms with van der Waals surface area (Å²) < 4.78 is 3.44. The highest BCUT2D eigenvalue weighted by molar-refractivity contribution is 7.99. The third-order valence-electron chi connectivity index (χ3n) is 6.02. The number of anilines is 1. The minimum atomic E-state index is -0.158. The van der Waals surface area contributed by atoms with E-state index in [1.54, 1.807) is 10.6 Å². The highest BCUT2D eigenvalue weighted by Gasteiger charge is 2.19. The van der Waals surface area contributed by atoms with Gasteiger partial charge in [-0.1, -0.05) is 59.8 Å². The minimum absolute atomic E-state index is 0.127. The third-order valence-corrected chi connectivity index (χ3v) is 6.95. The summed E-state index contributed by atoms with van der Waals surface area (Å²) in [5.74, 6) is 0.445. The fourth-order valence-electron chi connectivity index (χ4n) is 4.49. The number of hydrogen-bond donors (Lipinski definition) is 1. The molecule has 1 N–H and O–H groups in total. The van der Waals surface area contributed by atoms with Crippen LogP contribution in [0.4, 0.5) is 5.69 Å². The number of nitrogens with one attached hydrogen (secondary N) is 1. The van der Waals surface area contributed by atoms with Crippen molar-refractivity contribution in [2.24, 2.45) is 0 Å². The van der Waals surface area contributed by atoms with Crippen molar-refractivity contribution in [1.82, 2.24) is 19.2 Å². The Morgan fingerprint density at radius 3 is 2.34 bits per heavy atom. The van der Waals surface area contributed by atoms with Gasteiger partial charge in [0.15, 0.2) is 5.16 Å². The Hall–Kier alpha value is -3.91. The lowest BCUT2D eigenvalue weighted by Gasteiger charge is -2.14. The summed E-state index contributed by atoms with van der Waals surface area (Å²) in [4.78, 5) is 26.3. The standard InChI is InChI=1S/C27H25N5O2S/c1-16-13-18(3)24(19(4)14-16)28-23(33)15-35-27-30-29-26-31(21-11-7-5-9-17(21)2)25(34)20-10-6-8-12-22(20)32(26)27/h5-14H,15H2,1-4H3,(H,28,33). The number of aromatic nitrogens is 4. The molecule has 0 radical (unpaired) electrons. The first kappa shape index (κ1) is 22.9. The van der Waals surface area contributed by atoms with E-state index in [0.717, 1.165) is 33.6 Å². The average molecular weight is 484 g/mol. The molecule has 0 saturated carbocycles. The van der Waals surface area contributed by atoms with Crippen LogP contribution in [0.5, 0.6) is 0 Å². The molecular formula is C27H25N5O2S. The molecule has 35 heavy (non-hydrogen) atoms. The highest BCUT2D eigenvalue weighted by atomic mass is 32.2. The molecule has 0 atom stereocenters. The van der Waals surface area contributed by atoms with Crippen LogP contribution in [0.25, 0.3) is 22.4 Å². The fourth-order valence-corrected chi connectivity index (χ4v) is 5.23. The normalized spacial score (nSPS) is 11.3. The lowest BCUT2D eigenvalue weighted by atomic mass is 10.1. The number of amides is 1. The first-order chi connectivity index (χ1) is 16.8. The SMILES string of the molecule is Cc1cc(C)c(NC(=O)CSc2nnc3n(-c4ccccc4C)c(=O)c4ccccc4n23)c(C)c1. The van der Waals surface area contributed by atoms with Crippen molar-refractivity contribution in [2.75, 3.05) is 11.1 Å². The minimum Gasteiger partial charge on any atom is -0.325 e. The molecule has 2 aromatic heterocycles. The Bertz CT molecular complexity index is 1650. The number of para-hydroxylation sites is 2. The summed E-state index contributed by atoms with van der Waals surface area (Å²) in [6, 6.07) is 19.2. The molecule has 0 spiro atoms. The molecule has 176 valence electrons. The van der Waals surface area contributed by atoms with Crippen LogP contribution in [0.3, 0.4) is 0 Å². The van der Waals surface area contributed by atoms with E-state index in [1.165, 1.54) is 11.8 Å². The number of aryl methyl sites for hydroxylation is 4. The van der Waals surface area contributed by atoms with Crippen LogP contribution in [0, 0.1) is 27.7 Å². The lowest BCUT2D eigenvalue weighted by molar-refractivity contribution is -0.113. The topological polar surface area (TPSA) is 81.3 Å². The molecule has 0 aliphatic heterocycles. The molecule has 5 rings (SSSR count). The summed E-state index contributed by atoms with van der Waals surface area (Å²) in [5, 5.41) is 12.9. The molecule has 0 fully saturated rings. The van der Waals surface area contributed by atoms with Gasteiger partial charge in [-0.25, -0.2) is 4.57 Å². The summed E-state index contributed by atoms with van der Waals surface area (Å²) in [6.45, 7) is 7.98. The van der Waals surface area contributed by atoms with Crippen molar-refractivity contribution in [1.29, 1.82) is 0 Å². The maximum absolute atomic E-state index is 13.5. The maximum atomic E-state index is 13.5. The maximum Gasteiger partial charge on any atom is 0.267 e. The molecule has 1 amide bonds. The molecule has 5 aromatic rings. The van der Waals surface area contributed by atoms with Gasteiger partial charge < -0.3 is 5.32 Å². The molecular weight excluding hydrogens is 458 g/mol. The molecule has 0 unspecified atom stereocenters. The highest BCUT2D eigenvalue weighted by Crippen LogP contribution is 2.26. The van der Waals surface area contributed by atoms with Crippen LogP contribution >= 0.6 is 11.8 Å².